The van der Waals surface area contributed by atoms with Crippen LogP contribution in [0.25, 0.3) is 0 Å². The zero-order valence-corrected chi connectivity index (χ0v) is 12.6. The summed E-state index contributed by atoms with van der Waals surface area (Å²) in [5, 5.41) is 3.03. The fourth-order valence-corrected chi connectivity index (χ4v) is 2.00. The highest BCUT2D eigenvalue weighted by atomic mass is 16.2. The molecule has 0 aliphatic carbocycles. The second-order valence-corrected chi connectivity index (χ2v) is 6.15. The van der Waals surface area contributed by atoms with E-state index in [4.69, 9.17) is 0 Å². The smallest absolute Gasteiger partial charge is 0.224 e. The summed E-state index contributed by atoms with van der Waals surface area (Å²) >= 11 is 0. The van der Waals surface area contributed by atoms with Gasteiger partial charge in [-0.25, -0.2) is 0 Å². The van der Waals surface area contributed by atoms with Crippen molar-refractivity contribution in [1.82, 2.24) is 10.2 Å². The lowest BCUT2D eigenvalue weighted by atomic mass is 9.95. The predicted molar refractivity (Wildman–Crippen MR) is 79.9 cm³/mol. The molecule has 1 aromatic carbocycles. The summed E-state index contributed by atoms with van der Waals surface area (Å²) in [6.45, 7) is 8.70. The van der Waals surface area contributed by atoms with Gasteiger partial charge in [-0.05, 0) is 18.0 Å². The van der Waals surface area contributed by atoms with E-state index in [1.165, 1.54) is 5.56 Å². The quantitative estimate of drug-likeness (QED) is 0.855. The van der Waals surface area contributed by atoms with Gasteiger partial charge in [-0.15, -0.1) is 0 Å². The van der Waals surface area contributed by atoms with Crippen molar-refractivity contribution in [3.8, 4) is 0 Å². The summed E-state index contributed by atoms with van der Waals surface area (Å²) < 4.78 is 0. The second-order valence-electron chi connectivity index (χ2n) is 6.15. The molecule has 0 bridgehead atoms. The first-order valence-corrected chi connectivity index (χ1v) is 6.89. The van der Waals surface area contributed by atoms with Crippen molar-refractivity contribution in [3.63, 3.8) is 0 Å². The molecular weight excluding hydrogens is 236 g/mol. The highest BCUT2D eigenvalue weighted by Crippen LogP contribution is 2.18. The summed E-state index contributed by atoms with van der Waals surface area (Å²) in [6, 6.07) is 10.2. The summed E-state index contributed by atoms with van der Waals surface area (Å²) in [4.78, 5) is 14.2. The summed E-state index contributed by atoms with van der Waals surface area (Å²) in [7, 11) is 1.87. The third-order valence-electron chi connectivity index (χ3n) is 2.82. The van der Waals surface area contributed by atoms with Gasteiger partial charge < -0.3 is 10.2 Å². The van der Waals surface area contributed by atoms with Crippen molar-refractivity contribution >= 4 is 5.91 Å². The molecule has 0 aliphatic rings. The Bertz CT molecular complexity index is 381. The molecule has 0 saturated heterocycles. The van der Waals surface area contributed by atoms with Crippen LogP contribution in [0.15, 0.2) is 30.3 Å². The number of rotatable bonds is 6. The number of benzene rings is 1. The van der Waals surface area contributed by atoms with Gasteiger partial charge in [0.1, 0.15) is 0 Å². The predicted octanol–water partition coefficient (Wildman–Crippen LogP) is 2.67. The molecule has 1 aromatic rings. The van der Waals surface area contributed by atoms with E-state index >= 15 is 0 Å². The molecular formula is C16H26N2O. The summed E-state index contributed by atoms with van der Waals surface area (Å²) in [6.07, 6.45) is 0.555. The van der Waals surface area contributed by atoms with Gasteiger partial charge in [-0.3, -0.25) is 4.79 Å². The Morgan fingerprint density at radius 1 is 1.21 bits per heavy atom. The average molecular weight is 262 g/mol. The van der Waals surface area contributed by atoms with Gasteiger partial charge in [0.25, 0.3) is 0 Å². The lowest BCUT2D eigenvalue weighted by molar-refractivity contribution is -0.133. The Morgan fingerprint density at radius 2 is 1.84 bits per heavy atom. The van der Waals surface area contributed by atoms with Crippen molar-refractivity contribution in [3.05, 3.63) is 35.9 Å². The number of hydrogen-bond acceptors (Lipinski definition) is 2. The largest absolute Gasteiger partial charge is 0.338 e. The van der Waals surface area contributed by atoms with Crippen LogP contribution in [0.4, 0.5) is 0 Å². The minimum atomic E-state index is 0.115. The van der Waals surface area contributed by atoms with E-state index in [0.29, 0.717) is 13.0 Å². The molecule has 0 spiro atoms. The van der Waals surface area contributed by atoms with Gasteiger partial charge >= 0.3 is 0 Å². The molecule has 0 aromatic heterocycles. The number of carbonyl (C=O) groups excluding carboxylic acids is 1. The van der Waals surface area contributed by atoms with Crippen LogP contribution in [0.3, 0.4) is 0 Å². The van der Waals surface area contributed by atoms with E-state index in [9.17, 15) is 4.79 Å². The van der Waals surface area contributed by atoms with Crippen molar-refractivity contribution in [2.45, 2.75) is 33.7 Å². The second kappa shape index (κ2) is 7.29. The fourth-order valence-electron chi connectivity index (χ4n) is 2.00. The standard InChI is InChI=1S/C16H26N2O/c1-16(2,3)13-18(15(19)10-11-17-4)12-14-8-6-5-7-9-14/h5-9,17H,10-13H2,1-4H3. The molecule has 0 aliphatic heterocycles. The molecule has 0 unspecified atom stereocenters. The van der Waals surface area contributed by atoms with Gasteiger partial charge in [0.15, 0.2) is 0 Å². The summed E-state index contributed by atoms with van der Waals surface area (Å²) in [5.41, 5.74) is 1.30. The zero-order chi connectivity index (χ0) is 14.3. The first kappa shape index (κ1) is 15.7. The van der Waals surface area contributed by atoms with E-state index in [1.54, 1.807) is 0 Å². The lowest BCUT2D eigenvalue weighted by Gasteiger charge is -2.30. The molecule has 0 atom stereocenters. The van der Waals surface area contributed by atoms with E-state index in [1.807, 2.05) is 30.1 Å². The van der Waals surface area contributed by atoms with Gasteiger partial charge in [-0.1, -0.05) is 51.1 Å². The van der Waals surface area contributed by atoms with Crippen molar-refractivity contribution < 1.29 is 4.79 Å². The van der Waals surface area contributed by atoms with Crippen LogP contribution in [0.2, 0.25) is 0 Å². The third kappa shape index (κ3) is 6.39. The van der Waals surface area contributed by atoms with Crippen LogP contribution in [0.1, 0.15) is 32.8 Å². The molecule has 1 rings (SSSR count). The monoisotopic (exact) mass is 262 g/mol. The van der Waals surface area contributed by atoms with Crippen LogP contribution in [-0.2, 0) is 11.3 Å². The Labute approximate surface area is 117 Å². The van der Waals surface area contributed by atoms with Crippen LogP contribution < -0.4 is 5.32 Å². The maximum Gasteiger partial charge on any atom is 0.224 e. The van der Waals surface area contributed by atoms with E-state index in [2.05, 4.69) is 38.2 Å². The number of hydrogen-bond donors (Lipinski definition) is 1. The normalized spacial score (nSPS) is 11.4. The topological polar surface area (TPSA) is 32.3 Å². The number of amides is 1. The van der Waals surface area contributed by atoms with Crippen molar-refractivity contribution in [1.29, 1.82) is 0 Å². The SMILES string of the molecule is CNCCC(=O)N(Cc1ccccc1)CC(C)(C)C. The molecule has 0 saturated carbocycles. The van der Waals surface area contributed by atoms with Gasteiger partial charge in [-0.2, -0.15) is 0 Å². The average Bonchev–Trinajstić information content (AvgIpc) is 2.35. The molecule has 3 heteroatoms. The molecule has 1 amide bonds. The van der Waals surface area contributed by atoms with Crippen molar-refractivity contribution in [2.75, 3.05) is 20.1 Å². The van der Waals surface area contributed by atoms with Gasteiger partial charge in [0.2, 0.25) is 5.91 Å². The Hall–Kier alpha value is -1.35. The first-order chi connectivity index (χ1) is 8.92. The maximum atomic E-state index is 12.3. The molecule has 1 N–H and O–H groups in total. The van der Waals surface area contributed by atoms with Gasteiger partial charge in [0.05, 0.1) is 0 Å². The molecule has 19 heavy (non-hydrogen) atoms. The molecule has 0 radical (unpaired) electrons. The highest BCUT2D eigenvalue weighted by Gasteiger charge is 2.20. The molecule has 3 nitrogen and oxygen atoms in total. The third-order valence-corrected chi connectivity index (χ3v) is 2.82. The molecule has 0 fully saturated rings. The Kier molecular flexibility index (Phi) is 6.03. The molecule has 106 valence electrons. The van der Waals surface area contributed by atoms with Gasteiger partial charge in [0, 0.05) is 26.1 Å². The fraction of sp³-hybridized carbons (Fsp3) is 0.562. The Morgan fingerprint density at radius 3 is 2.37 bits per heavy atom. The maximum absolute atomic E-state index is 12.3. The van der Waals surface area contributed by atoms with Crippen LogP contribution >= 0.6 is 0 Å². The van der Waals surface area contributed by atoms with E-state index < -0.39 is 0 Å². The zero-order valence-electron chi connectivity index (χ0n) is 12.6. The minimum Gasteiger partial charge on any atom is -0.338 e. The first-order valence-electron chi connectivity index (χ1n) is 6.89. The van der Waals surface area contributed by atoms with Crippen LogP contribution in [0, 0.1) is 5.41 Å². The summed E-state index contributed by atoms with van der Waals surface area (Å²) in [5.74, 6) is 0.216. The highest BCUT2D eigenvalue weighted by molar-refractivity contribution is 5.76. The van der Waals surface area contributed by atoms with Crippen LogP contribution in [-0.4, -0.2) is 30.9 Å². The lowest BCUT2D eigenvalue weighted by Crippen LogP contribution is -2.38. The number of nitrogens with zero attached hydrogens (tertiary/aromatic N) is 1. The minimum absolute atomic E-state index is 0.115. The van der Waals surface area contributed by atoms with Crippen molar-refractivity contribution in [2.24, 2.45) is 5.41 Å². The molecule has 0 heterocycles. The van der Waals surface area contributed by atoms with E-state index in [-0.39, 0.29) is 11.3 Å². The number of nitrogens with one attached hydrogen (secondary N) is 1. The Balaban J connectivity index is 2.71. The van der Waals surface area contributed by atoms with E-state index in [0.717, 1.165) is 13.1 Å². The number of carbonyl (C=O) groups is 1. The van der Waals surface area contributed by atoms with Crippen LogP contribution in [0.5, 0.6) is 0 Å².